The van der Waals surface area contributed by atoms with Gasteiger partial charge < -0.3 is 5.32 Å². The molecular weight excluding hydrogens is 423 g/mol. The minimum Gasteiger partial charge on any atom is -0.312 e. The largest absolute Gasteiger partial charge is 0.312 e. The first kappa shape index (κ1) is 20.4. The van der Waals surface area contributed by atoms with Crippen LogP contribution in [0.2, 0.25) is 5.02 Å². The molecule has 0 aliphatic rings. The highest BCUT2D eigenvalue weighted by Gasteiger charge is 2.20. The zero-order valence-corrected chi connectivity index (χ0v) is 17.4. The molecule has 0 bridgehead atoms. The maximum atomic E-state index is 13.5. The number of hydrogen-bond donors (Lipinski definition) is 1. The summed E-state index contributed by atoms with van der Waals surface area (Å²) in [5.74, 6) is -0.963. The minimum atomic E-state index is -3.55. The van der Waals surface area contributed by atoms with E-state index in [4.69, 9.17) is 11.6 Å². The van der Waals surface area contributed by atoms with Gasteiger partial charge in [0.05, 0.1) is 21.2 Å². The fraction of sp³-hybridized carbons (Fsp3) is 0.158. The van der Waals surface area contributed by atoms with E-state index in [1.54, 1.807) is 25.1 Å². The molecule has 146 valence electrons. The average molecular weight is 439 g/mol. The molecule has 0 saturated heterocycles. The normalized spacial score (nSPS) is 11.4. The molecule has 1 N–H and O–H groups in total. The molecule has 0 aliphatic heterocycles. The lowest BCUT2D eigenvalue weighted by molar-refractivity contribution is 0.102. The highest BCUT2D eigenvalue weighted by Crippen LogP contribution is 2.28. The van der Waals surface area contributed by atoms with E-state index < -0.39 is 21.6 Å². The van der Waals surface area contributed by atoms with E-state index in [1.807, 2.05) is 0 Å². The van der Waals surface area contributed by atoms with Crippen LogP contribution in [0, 0.1) is 12.7 Å². The van der Waals surface area contributed by atoms with Gasteiger partial charge in [-0.3, -0.25) is 4.79 Å². The molecule has 9 heteroatoms. The Balaban J connectivity index is 1.84. The molecule has 0 spiro atoms. The number of halogens is 2. The molecule has 0 aliphatic carbocycles. The van der Waals surface area contributed by atoms with E-state index >= 15 is 0 Å². The van der Waals surface area contributed by atoms with Crippen molar-refractivity contribution >= 4 is 43.7 Å². The van der Waals surface area contributed by atoms with Crippen molar-refractivity contribution in [3.05, 3.63) is 75.1 Å². The molecule has 0 radical (unpaired) electrons. The van der Waals surface area contributed by atoms with Crippen LogP contribution < -0.4 is 5.32 Å². The molecule has 5 nitrogen and oxygen atoms in total. The Morgan fingerprint density at radius 2 is 1.96 bits per heavy atom. The first-order chi connectivity index (χ1) is 13.1. The van der Waals surface area contributed by atoms with Gasteiger partial charge in [0.1, 0.15) is 10.8 Å². The predicted octanol–water partition coefficient (Wildman–Crippen LogP) is 4.49. The number of benzene rings is 2. The van der Waals surface area contributed by atoms with Gasteiger partial charge in [-0.1, -0.05) is 23.7 Å². The molecule has 3 aromatic rings. The van der Waals surface area contributed by atoms with Gasteiger partial charge >= 0.3 is 0 Å². The number of aryl methyl sites for hydroxylation is 1. The number of nitrogens with one attached hydrogen (secondary N) is 1. The average Bonchev–Trinajstić information content (AvgIpc) is 2.92. The summed E-state index contributed by atoms with van der Waals surface area (Å²) in [6.07, 6.45) is 1.41. The van der Waals surface area contributed by atoms with Crippen molar-refractivity contribution < 1.29 is 17.6 Å². The number of carbonyl (C=O) groups excluding carboxylic acids is 1. The molecule has 3 rings (SSSR count). The van der Waals surface area contributed by atoms with Gasteiger partial charge in [0.25, 0.3) is 5.91 Å². The lowest BCUT2D eigenvalue weighted by atomic mass is 10.1. The first-order valence-corrected chi connectivity index (χ1v) is 11.2. The summed E-state index contributed by atoms with van der Waals surface area (Å²) >= 11 is 7.12. The summed E-state index contributed by atoms with van der Waals surface area (Å²) < 4.78 is 37.3. The topological polar surface area (TPSA) is 76.1 Å². The van der Waals surface area contributed by atoms with Gasteiger partial charge in [-0.05, 0) is 42.8 Å². The first-order valence-electron chi connectivity index (χ1n) is 8.15. The van der Waals surface area contributed by atoms with Crippen molar-refractivity contribution in [2.45, 2.75) is 18.2 Å². The van der Waals surface area contributed by atoms with E-state index in [2.05, 4.69) is 10.3 Å². The highest BCUT2D eigenvalue weighted by atomic mass is 35.5. The van der Waals surface area contributed by atoms with Crippen LogP contribution in [-0.4, -0.2) is 25.6 Å². The van der Waals surface area contributed by atoms with Crippen molar-refractivity contribution in [2.24, 2.45) is 0 Å². The molecule has 0 atom stereocenters. The van der Waals surface area contributed by atoms with Crippen molar-refractivity contribution in [2.75, 3.05) is 11.6 Å². The number of amides is 1. The van der Waals surface area contributed by atoms with Crippen LogP contribution in [0.1, 0.15) is 26.6 Å². The number of hydrogen-bond acceptors (Lipinski definition) is 5. The predicted molar refractivity (Wildman–Crippen MR) is 109 cm³/mol. The Morgan fingerprint density at radius 3 is 2.64 bits per heavy atom. The number of rotatable bonds is 5. The van der Waals surface area contributed by atoms with Gasteiger partial charge in [0.2, 0.25) is 0 Å². The fourth-order valence-corrected chi connectivity index (χ4v) is 4.80. The van der Waals surface area contributed by atoms with Gasteiger partial charge in [-0.15, -0.1) is 11.3 Å². The SMILES string of the molecule is Cc1nc(Cc2cc(F)cc(Cl)c2)sc1NC(=O)c1ccccc1S(C)(=O)=O. The van der Waals surface area contributed by atoms with Crippen LogP contribution >= 0.6 is 22.9 Å². The lowest BCUT2D eigenvalue weighted by Crippen LogP contribution is -2.15. The van der Waals surface area contributed by atoms with Crippen LogP contribution in [0.4, 0.5) is 9.39 Å². The number of aromatic nitrogens is 1. The number of anilines is 1. The van der Waals surface area contributed by atoms with Crippen LogP contribution in [0.5, 0.6) is 0 Å². The third-order valence-corrected chi connectivity index (χ3v) is 6.32. The molecule has 1 aromatic heterocycles. The van der Waals surface area contributed by atoms with E-state index in [0.717, 1.165) is 6.26 Å². The summed E-state index contributed by atoms with van der Waals surface area (Å²) in [7, 11) is -3.55. The maximum absolute atomic E-state index is 13.5. The third kappa shape index (κ3) is 4.76. The highest BCUT2D eigenvalue weighted by molar-refractivity contribution is 7.90. The molecule has 1 amide bonds. The lowest BCUT2D eigenvalue weighted by Gasteiger charge is -2.07. The Labute approximate surface area is 171 Å². The summed E-state index contributed by atoms with van der Waals surface area (Å²) in [6.45, 7) is 1.73. The molecule has 28 heavy (non-hydrogen) atoms. The Hall–Kier alpha value is -2.29. The van der Waals surface area contributed by atoms with Crippen LogP contribution in [-0.2, 0) is 16.3 Å². The summed E-state index contributed by atoms with van der Waals surface area (Å²) in [5.41, 5.74) is 1.32. The molecule has 0 fully saturated rings. The maximum Gasteiger partial charge on any atom is 0.257 e. The Bertz CT molecular complexity index is 1140. The van der Waals surface area contributed by atoms with Crippen LogP contribution in [0.3, 0.4) is 0 Å². The molecule has 0 unspecified atom stereocenters. The van der Waals surface area contributed by atoms with Crippen LogP contribution in [0.25, 0.3) is 0 Å². The van der Waals surface area contributed by atoms with Crippen molar-refractivity contribution in [1.29, 1.82) is 0 Å². The molecule has 0 saturated carbocycles. The smallest absolute Gasteiger partial charge is 0.257 e. The Kier molecular flexibility index (Phi) is 5.83. The van der Waals surface area contributed by atoms with Gasteiger partial charge in [-0.25, -0.2) is 17.8 Å². The zero-order valence-electron chi connectivity index (χ0n) is 15.0. The van der Waals surface area contributed by atoms with Crippen molar-refractivity contribution in [3.8, 4) is 0 Å². The summed E-state index contributed by atoms with van der Waals surface area (Å²) in [5, 5.41) is 4.20. The fourth-order valence-electron chi connectivity index (χ4n) is 2.68. The van der Waals surface area contributed by atoms with Gasteiger partial charge in [0.15, 0.2) is 9.84 Å². The number of carbonyl (C=O) groups is 1. The van der Waals surface area contributed by atoms with Gasteiger partial charge in [-0.2, -0.15) is 0 Å². The molecule has 1 heterocycles. The monoisotopic (exact) mass is 438 g/mol. The Morgan fingerprint density at radius 1 is 1.25 bits per heavy atom. The standard InChI is InChI=1S/C19H16ClFN2O3S2/c1-11-19(23-18(24)15-5-3-4-6-16(15)28(2,25)26)27-17(22-11)9-12-7-13(20)10-14(21)8-12/h3-8,10H,9H2,1-2H3,(H,23,24). The second kappa shape index (κ2) is 7.98. The van der Waals surface area contributed by atoms with Crippen molar-refractivity contribution in [3.63, 3.8) is 0 Å². The number of sulfone groups is 1. The summed E-state index contributed by atoms with van der Waals surface area (Å²) in [4.78, 5) is 17.0. The second-order valence-corrected chi connectivity index (χ2v) is 9.70. The quantitative estimate of drug-likeness (QED) is 0.636. The molecule has 2 aromatic carbocycles. The zero-order chi connectivity index (χ0) is 20.5. The van der Waals surface area contributed by atoms with E-state index in [-0.39, 0.29) is 10.5 Å². The number of thiazole rings is 1. The second-order valence-electron chi connectivity index (χ2n) is 6.20. The van der Waals surface area contributed by atoms with E-state index in [1.165, 1.54) is 35.6 Å². The third-order valence-electron chi connectivity index (χ3n) is 3.88. The van der Waals surface area contributed by atoms with Gasteiger partial charge in [0, 0.05) is 17.7 Å². The minimum absolute atomic E-state index is 0.0377. The molecular formula is C19H16ClFN2O3S2. The van der Waals surface area contributed by atoms with Crippen molar-refractivity contribution in [1.82, 2.24) is 4.98 Å². The van der Waals surface area contributed by atoms with E-state index in [0.29, 0.717) is 32.7 Å². The van der Waals surface area contributed by atoms with E-state index in [9.17, 15) is 17.6 Å². The van der Waals surface area contributed by atoms with Crippen LogP contribution in [0.15, 0.2) is 47.4 Å². The number of nitrogens with zero attached hydrogens (tertiary/aromatic N) is 1. The summed E-state index contributed by atoms with van der Waals surface area (Å²) in [6, 6.07) is 10.3.